The van der Waals surface area contributed by atoms with Gasteiger partial charge < -0.3 is 20.5 Å². The van der Waals surface area contributed by atoms with Crippen LogP contribution in [0.25, 0.3) is 5.65 Å². The number of nitrogens with one attached hydrogen (secondary N) is 2. The Kier molecular flexibility index (Phi) is 7.15. The average molecular weight is 519 g/mol. The number of ether oxygens (including phenoxy) is 1. The first-order valence-corrected chi connectivity index (χ1v) is 11.0. The van der Waals surface area contributed by atoms with Gasteiger partial charge in [0.1, 0.15) is 16.3 Å². The number of thiophene rings is 1. The molecule has 0 fully saturated rings. The summed E-state index contributed by atoms with van der Waals surface area (Å²) in [5.41, 5.74) is 0.384. The molecule has 0 spiro atoms. The standard InChI is InChI=1S/C22H16F3N5O5S/c23-13-3-1-11(7-16(13)35-22(24)25)9-26-19(31)14-8-15(30-18(29-14)5-6-28-30)20(32)27-10-12-2-4-17(36-12)21(33)34/h1-8,22H,9-10H2,(H,26,31)(H,27,32)(H,33,34). The van der Waals surface area contributed by atoms with E-state index in [0.717, 1.165) is 23.5 Å². The summed E-state index contributed by atoms with van der Waals surface area (Å²) in [5, 5.41) is 18.2. The first kappa shape index (κ1) is 24.7. The molecule has 0 atom stereocenters. The molecule has 3 aromatic heterocycles. The fourth-order valence-corrected chi connectivity index (χ4v) is 3.94. The molecule has 0 saturated carbocycles. The Balaban J connectivity index is 1.48. The van der Waals surface area contributed by atoms with E-state index in [0.29, 0.717) is 10.4 Å². The molecule has 1 aromatic carbocycles. The monoisotopic (exact) mass is 519 g/mol. The SMILES string of the molecule is O=C(NCc1ccc(F)c(OC(F)F)c1)c1cc(C(=O)NCc2ccc(C(=O)O)s2)n2nccc2n1. The second-order valence-electron chi connectivity index (χ2n) is 7.21. The van der Waals surface area contributed by atoms with E-state index < -0.39 is 36.0 Å². The molecule has 4 aromatic rings. The van der Waals surface area contributed by atoms with E-state index in [-0.39, 0.29) is 35.0 Å². The molecule has 4 rings (SSSR count). The van der Waals surface area contributed by atoms with Gasteiger partial charge in [0.2, 0.25) is 0 Å². The molecule has 36 heavy (non-hydrogen) atoms. The van der Waals surface area contributed by atoms with Crippen LogP contribution in [0.3, 0.4) is 0 Å². The van der Waals surface area contributed by atoms with Crippen molar-refractivity contribution >= 4 is 34.8 Å². The molecule has 0 aliphatic carbocycles. The van der Waals surface area contributed by atoms with Gasteiger partial charge in [-0.25, -0.2) is 18.7 Å². The molecule has 0 unspecified atom stereocenters. The highest BCUT2D eigenvalue weighted by molar-refractivity contribution is 7.13. The van der Waals surface area contributed by atoms with Crippen LogP contribution in [0, 0.1) is 5.82 Å². The zero-order chi connectivity index (χ0) is 25.8. The number of amides is 2. The molecular formula is C22H16F3N5O5S. The Morgan fingerprint density at radius 1 is 1.06 bits per heavy atom. The molecule has 3 N–H and O–H groups in total. The Morgan fingerprint density at radius 3 is 2.56 bits per heavy atom. The van der Waals surface area contributed by atoms with Crippen LogP contribution in [0.1, 0.15) is 41.1 Å². The molecular weight excluding hydrogens is 503 g/mol. The van der Waals surface area contributed by atoms with E-state index in [2.05, 4.69) is 25.5 Å². The lowest BCUT2D eigenvalue weighted by atomic mass is 10.2. The summed E-state index contributed by atoms with van der Waals surface area (Å²) in [6.07, 6.45) is 1.39. The van der Waals surface area contributed by atoms with Crippen LogP contribution in [-0.4, -0.2) is 44.1 Å². The number of hydrogen-bond donors (Lipinski definition) is 3. The summed E-state index contributed by atoms with van der Waals surface area (Å²) in [4.78, 5) is 41.5. The number of alkyl halides is 2. The maximum absolute atomic E-state index is 13.6. The van der Waals surface area contributed by atoms with E-state index in [1.807, 2.05) is 0 Å². The molecule has 14 heteroatoms. The van der Waals surface area contributed by atoms with Gasteiger partial charge in [-0.05, 0) is 29.8 Å². The van der Waals surface area contributed by atoms with Crippen LogP contribution in [0.5, 0.6) is 5.75 Å². The number of aromatic carboxylic acids is 1. The lowest BCUT2D eigenvalue weighted by Crippen LogP contribution is -2.28. The van der Waals surface area contributed by atoms with Gasteiger partial charge in [-0.15, -0.1) is 11.3 Å². The minimum absolute atomic E-state index is 0.000402. The number of carbonyl (C=O) groups is 3. The molecule has 2 amide bonds. The zero-order valence-corrected chi connectivity index (χ0v) is 18.9. The quantitative estimate of drug-likeness (QED) is 0.309. The van der Waals surface area contributed by atoms with Crippen molar-refractivity contribution in [3.63, 3.8) is 0 Å². The van der Waals surface area contributed by atoms with E-state index in [1.54, 1.807) is 6.07 Å². The molecule has 3 heterocycles. The van der Waals surface area contributed by atoms with E-state index in [1.165, 1.54) is 35.0 Å². The van der Waals surface area contributed by atoms with Crippen molar-refractivity contribution < 1.29 is 37.4 Å². The fourth-order valence-electron chi connectivity index (χ4n) is 3.15. The van der Waals surface area contributed by atoms with Gasteiger partial charge in [-0.3, -0.25) is 9.59 Å². The predicted molar refractivity (Wildman–Crippen MR) is 120 cm³/mol. The Bertz CT molecular complexity index is 1460. The van der Waals surface area contributed by atoms with Crippen molar-refractivity contribution in [2.24, 2.45) is 0 Å². The Morgan fingerprint density at radius 2 is 1.83 bits per heavy atom. The number of carbonyl (C=O) groups excluding carboxylic acids is 2. The third-order valence-corrected chi connectivity index (χ3v) is 5.86. The number of aromatic nitrogens is 3. The number of carboxylic acid groups (broad SMARTS) is 1. The molecule has 0 aliphatic heterocycles. The number of carboxylic acids is 1. The van der Waals surface area contributed by atoms with Gasteiger partial charge >= 0.3 is 12.6 Å². The van der Waals surface area contributed by atoms with Crippen LogP contribution >= 0.6 is 11.3 Å². The zero-order valence-electron chi connectivity index (χ0n) is 18.1. The normalized spacial score (nSPS) is 11.0. The summed E-state index contributed by atoms with van der Waals surface area (Å²) >= 11 is 1.01. The van der Waals surface area contributed by atoms with Crippen molar-refractivity contribution in [3.8, 4) is 5.75 Å². The minimum atomic E-state index is -3.21. The van der Waals surface area contributed by atoms with Crippen LogP contribution in [-0.2, 0) is 13.1 Å². The number of fused-ring (bicyclic) bond motifs is 1. The summed E-state index contributed by atoms with van der Waals surface area (Å²) < 4.78 is 43.8. The maximum atomic E-state index is 13.6. The molecule has 0 bridgehead atoms. The van der Waals surface area contributed by atoms with Crippen molar-refractivity contribution in [2.75, 3.05) is 0 Å². The van der Waals surface area contributed by atoms with Crippen molar-refractivity contribution in [1.82, 2.24) is 25.2 Å². The van der Waals surface area contributed by atoms with Crippen molar-refractivity contribution in [1.29, 1.82) is 0 Å². The van der Waals surface area contributed by atoms with Crippen molar-refractivity contribution in [3.05, 3.63) is 81.2 Å². The number of benzene rings is 1. The van der Waals surface area contributed by atoms with Gasteiger partial charge in [-0.2, -0.15) is 13.9 Å². The average Bonchev–Trinajstić information content (AvgIpc) is 3.51. The van der Waals surface area contributed by atoms with Crippen LogP contribution in [0.15, 0.2) is 48.7 Å². The Hall–Kier alpha value is -4.46. The fraction of sp³-hybridized carbons (Fsp3) is 0.136. The molecule has 0 aliphatic rings. The van der Waals surface area contributed by atoms with E-state index in [4.69, 9.17) is 5.11 Å². The van der Waals surface area contributed by atoms with E-state index >= 15 is 0 Å². The number of rotatable bonds is 9. The smallest absolute Gasteiger partial charge is 0.387 e. The predicted octanol–water partition coefficient (Wildman–Crippen LogP) is 3.09. The largest absolute Gasteiger partial charge is 0.477 e. The van der Waals surface area contributed by atoms with Crippen molar-refractivity contribution in [2.45, 2.75) is 19.7 Å². The summed E-state index contributed by atoms with van der Waals surface area (Å²) in [7, 11) is 0. The van der Waals surface area contributed by atoms with Gasteiger partial charge in [-0.1, -0.05) is 6.07 Å². The maximum Gasteiger partial charge on any atom is 0.387 e. The third-order valence-electron chi connectivity index (χ3n) is 4.79. The van der Waals surface area contributed by atoms with Gasteiger partial charge in [0.15, 0.2) is 17.2 Å². The van der Waals surface area contributed by atoms with E-state index in [9.17, 15) is 27.6 Å². The highest BCUT2D eigenvalue weighted by Gasteiger charge is 2.18. The van der Waals surface area contributed by atoms with Crippen LogP contribution < -0.4 is 15.4 Å². The van der Waals surface area contributed by atoms with Crippen LogP contribution in [0.4, 0.5) is 13.2 Å². The summed E-state index contributed by atoms with van der Waals surface area (Å²) in [6.45, 7) is -3.31. The second kappa shape index (κ2) is 10.4. The topological polar surface area (TPSA) is 135 Å². The highest BCUT2D eigenvalue weighted by Crippen LogP contribution is 2.21. The number of halogens is 3. The highest BCUT2D eigenvalue weighted by atomic mass is 32.1. The second-order valence-corrected chi connectivity index (χ2v) is 8.38. The minimum Gasteiger partial charge on any atom is -0.477 e. The lowest BCUT2D eigenvalue weighted by molar-refractivity contribution is -0.0522. The first-order valence-electron chi connectivity index (χ1n) is 10.2. The number of hydrogen-bond acceptors (Lipinski definition) is 7. The third kappa shape index (κ3) is 5.60. The molecule has 10 nitrogen and oxygen atoms in total. The van der Waals surface area contributed by atoms with Gasteiger partial charge in [0, 0.05) is 23.6 Å². The first-order chi connectivity index (χ1) is 17.2. The van der Waals surface area contributed by atoms with Gasteiger partial charge in [0.25, 0.3) is 11.8 Å². The Labute approximate surface area is 204 Å². The lowest BCUT2D eigenvalue weighted by Gasteiger charge is -2.10. The van der Waals surface area contributed by atoms with Gasteiger partial charge in [0.05, 0.1) is 12.7 Å². The van der Waals surface area contributed by atoms with Crippen LogP contribution in [0.2, 0.25) is 0 Å². The summed E-state index contributed by atoms with van der Waals surface area (Å²) in [6, 6.07) is 8.98. The molecule has 186 valence electrons. The molecule has 0 radical (unpaired) electrons. The number of nitrogens with zero attached hydrogens (tertiary/aromatic N) is 3. The summed E-state index contributed by atoms with van der Waals surface area (Å²) in [5.74, 6) is -3.97. The molecule has 0 saturated heterocycles.